The summed E-state index contributed by atoms with van der Waals surface area (Å²) < 4.78 is 9.01. The quantitative estimate of drug-likeness (QED) is 0.0211. The van der Waals surface area contributed by atoms with Crippen LogP contribution in [0.2, 0.25) is 0 Å². The van der Waals surface area contributed by atoms with E-state index < -0.39 is 0 Å². The molecule has 0 aliphatic heterocycles. The van der Waals surface area contributed by atoms with E-state index in [9.17, 15) is 0 Å². The maximum Gasteiger partial charge on any atom is 0.205 e. The van der Waals surface area contributed by atoms with Crippen molar-refractivity contribution < 1.29 is 18.3 Å². The third-order valence-corrected chi connectivity index (χ3v) is 22.0. The van der Waals surface area contributed by atoms with Crippen LogP contribution in [0.3, 0.4) is 0 Å². The molecule has 8 aromatic rings. The summed E-state index contributed by atoms with van der Waals surface area (Å²) in [7, 11) is 16.9. The van der Waals surface area contributed by atoms with E-state index in [0.29, 0.717) is 0 Å². The van der Waals surface area contributed by atoms with Gasteiger partial charge >= 0.3 is 0 Å². The first-order valence-electron chi connectivity index (χ1n) is 34.9. The molecule has 508 valence electrons. The Kier molecular flexibility index (Phi) is 35.0. The van der Waals surface area contributed by atoms with E-state index >= 15 is 0 Å². The van der Waals surface area contributed by atoms with Gasteiger partial charge in [-0.2, -0.15) is 18.3 Å². The Balaban J connectivity index is 0.000000275. The Bertz CT molecular complexity index is 3340. The number of hydrogen-bond donors (Lipinski definition) is 0. The van der Waals surface area contributed by atoms with E-state index in [1.54, 1.807) is 0 Å². The summed E-state index contributed by atoms with van der Waals surface area (Å²) in [6.07, 6.45) is 28.4. The third kappa shape index (κ3) is 26.8. The van der Waals surface area contributed by atoms with Gasteiger partial charge in [0.1, 0.15) is 26.2 Å². The Hall–Kier alpha value is -7.04. The summed E-state index contributed by atoms with van der Waals surface area (Å²) in [5.41, 5.74) is 14.9. The number of hydrogen-bond acceptors (Lipinski definition) is 10. The van der Waals surface area contributed by atoms with Crippen molar-refractivity contribution in [2.75, 3.05) is 136 Å². The highest BCUT2D eigenvalue weighted by Gasteiger charge is 2.12. The Labute approximate surface area is 595 Å². The van der Waals surface area contributed by atoms with E-state index in [2.05, 4.69) is 361 Å². The summed E-state index contributed by atoms with van der Waals surface area (Å²) >= 11 is 0. The van der Waals surface area contributed by atoms with Crippen LogP contribution in [0.1, 0.15) is 99.4 Å². The lowest BCUT2D eigenvalue weighted by Gasteiger charge is -2.24. The van der Waals surface area contributed by atoms with Gasteiger partial charge in [0.25, 0.3) is 0 Å². The van der Waals surface area contributed by atoms with Crippen molar-refractivity contribution in [2.45, 2.75) is 80.6 Å². The fraction of sp³-hybridized carbons (Fsp3) is 0.366. The van der Waals surface area contributed by atoms with Gasteiger partial charge in [-0.25, -0.2) is 0 Å². The molecule has 0 atom stereocenters. The smallest absolute Gasteiger partial charge is 0.205 e. The van der Waals surface area contributed by atoms with E-state index in [0.717, 1.165) is 116 Å². The van der Waals surface area contributed by atoms with Crippen LogP contribution in [-0.2, 0) is 26.2 Å². The lowest BCUT2D eigenvalue weighted by Crippen LogP contribution is -2.34. The van der Waals surface area contributed by atoms with Gasteiger partial charge in [-0.05, 0) is 201 Å². The van der Waals surface area contributed by atoms with Gasteiger partial charge in [-0.1, -0.05) is 91.7 Å². The highest BCUT2D eigenvalue weighted by molar-refractivity contribution is 8.77. The summed E-state index contributed by atoms with van der Waals surface area (Å²) in [6.45, 7) is 27.8. The highest BCUT2D eigenvalue weighted by atomic mass is 33.1. The number of rotatable bonds is 40. The Morgan fingerprint density at radius 3 is 0.802 bits per heavy atom. The van der Waals surface area contributed by atoms with Crippen LogP contribution < -0.4 is 37.9 Å². The molecule has 0 fully saturated rings. The zero-order valence-electron chi connectivity index (χ0n) is 59.3. The SMILES string of the molecule is CCN(CCSSCCN(CC)c1ccc(/C=C/c2cccc[n+]2CC)cc1)c1ccc(/C=C/c2cccc[n+]2CC)cc1.CC[n+]1ccccc1/C=C/c1ccc(N(C)CCCN(C)CCSSCCN(C)CCCN(C)c2ccc(/C=C/c3cccc[n+]3CC)cc2)cc1. The molecule has 0 amide bonds. The van der Waals surface area contributed by atoms with Gasteiger partial charge in [0.2, 0.25) is 22.8 Å². The van der Waals surface area contributed by atoms with Crippen LogP contribution in [0.15, 0.2) is 195 Å². The normalized spacial score (nSPS) is 11.6. The van der Waals surface area contributed by atoms with Gasteiger partial charge in [-0.15, -0.1) is 0 Å². The molecule has 0 aliphatic carbocycles. The van der Waals surface area contributed by atoms with Crippen molar-refractivity contribution in [3.63, 3.8) is 0 Å². The predicted molar refractivity (Wildman–Crippen MR) is 427 cm³/mol. The number of aryl methyl sites for hydroxylation is 4. The minimum Gasteiger partial charge on any atom is -0.375 e. The first-order chi connectivity index (χ1) is 47.0. The van der Waals surface area contributed by atoms with Crippen LogP contribution in [0.25, 0.3) is 48.6 Å². The average molecular weight is 1360 g/mol. The molecule has 0 bridgehead atoms. The summed E-state index contributed by atoms with van der Waals surface area (Å²) in [4.78, 5) is 14.6. The van der Waals surface area contributed by atoms with Crippen LogP contribution in [-0.4, -0.2) is 126 Å². The van der Waals surface area contributed by atoms with Crippen molar-refractivity contribution in [1.82, 2.24) is 9.80 Å². The largest absolute Gasteiger partial charge is 0.375 e. The van der Waals surface area contributed by atoms with Crippen molar-refractivity contribution in [1.29, 1.82) is 0 Å². The molecular formula is C82H110N10S4+4. The molecule has 0 aliphatic rings. The Morgan fingerprint density at radius 1 is 0.281 bits per heavy atom. The first-order valence-corrected chi connectivity index (χ1v) is 39.8. The average Bonchev–Trinajstić information content (AvgIpc) is 1.29. The monoisotopic (exact) mass is 1360 g/mol. The fourth-order valence-electron chi connectivity index (χ4n) is 11.2. The second kappa shape index (κ2) is 44.0. The molecule has 4 heterocycles. The number of benzene rings is 4. The minimum absolute atomic E-state index is 0.971. The molecule has 0 N–H and O–H groups in total. The zero-order chi connectivity index (χ0) is 68.0. The second-order valence-corrected chi connectivity index (χ2v) is 29.4. The lowest BCUT2D eigenvalue weighted by atomic mass is 10.1. The number of nitrogens with zero attached hydrogens (tertiary/aromatic N) is 10. The van der Waals surface area contributed by atoms with Gasteiger partial charge in [0.15, 0.2) is 24.8 Å². The van der Waals surface area contributed by atoms with E-state index in [4.69, 9.17) is 0 Å². The standard InChI is InChI=1S/C44H62N6S2.C38H48N4S2/c1-7-49-33-11-9-15-43(49)27-21-39-17-23-41(24-18-39)47(5)31-13-29-45(3)35-37-51-52-38-36-46(4)30-14-32-48(6)42-25-19-40(20-26-42)22-28-44-16-10-12-34-50(44)8-2;1-5-39-27-11-9-13-35(39)21-15-33-17-23-37(24-18-33)41(7-3)29-31-43-44-32-30-42(8-4)38-25-19-34(20-26-38)16-22-36-14-10-12-28-40(36)6-2/h9-12,15-28,33-34H,7-8,13-14,29-32,35-38H2,1-6H3;9-28H,5-8,29-32H2,1-4H3/q2*+2. The van der Waals surface area contributed by atoms with Crippen molar-refractivity contribution in [3.8, 4) is 0 Å². The first kappa shape index (κ1) is 76.3. The molecule has 4 aromatic heterocycles. The van der Waals surface area contributed by atoms with Gasteiger partial charge < -0.3 is 29.4 Å². The fourth-order valence-corrected chi connectivity index (χ4v) is 15.4. The van der Waals surface area contributed by atoms with Crippen LogP contribution in [0, 0.1) is 0 Å². The molecule has 96 heavy (non-hydrogen) atoms. The molecule has 0 unspecified atom stereocenters. The molecule has 0 saturated carbocycles. The molecule has 0 radical (unpaired) electrons. The van der Waals surface area contributed by atoms with Gasteiger partial charge in [-0.3, -0.25) is 0 Å². The molecule has 0 spiro atoms. The summed E-state index contributed by atoms with van der Waals surface area (Å²) in [6, 6.07) is 61.0. The molecule has 4 aromatic carbocycles. The zero-order valence-corrected chi connectivity index (χ0v) is 62.6. The van der Waals surface area contributed by atoms with E-state index in [1.165, 1.54) is 79.3 Å². The van der Waals surface area contributed by atoms with Crippen LogP contribution in [0.4, 0.5) is 22.7 Å². The second-order valence-electron chi connectivity index (χ2n) is 23.9. The number of pyridine rings is 4. The van der Waals surface area contributed by atoms with Gasteiger partial charge in [0, 0.05) is 185 Å². The molecule has 0 saturated heterocycles. The van der Waals surface area contributed by atoms with Crippen molar-refractivity contribution >= 4 is 115 Å². The topological polar surface area (TPSA) is 35.0 Å². The number of anilines is 4. The van der Waals surface area contributed by atoms with Crippen LogP contribution in [0.5, 0.6) is 0 Å². The number of aromatic nitrogens is 4. The van der Waals surface area contributed by atoms with Crippen molar-refractivity contribution in [3.05, 3.63) is 240 Å². The maximum absolute atomic E-state index is 2.47. The third-order valence-electron chi connectivity index (χ3n) is 17.2. The maximum atomic E-state index is 2.47. The summed E-state index contributed by atoms with van der Waals surface area (Å²) in [5, 5.41) is 0. The summed E-state index contributed by atoms with van der Waals surface area (Å²) in [5.74, 6) is 4.55. The molecular weight excluding hydrogens is 1250 g/mol. The van der Waals surface area contributed by atoms with Crippen LogP contribution >= 0.6 is 43.2 Å². The van der Waals surface area contributed by atoms with Gasteiger partial charge in [0.05, 0.1) is 0 Å². The minimum atomic E-state index is 0.971. The molecule has 14 heteroatoms. The molecule has 10 nitrogen and oxygen atoms in total. The Morgan fingerprint density at radius 2 is 0.542 bits per heavy atom. The highest BCUT2D eigenvalue weighted by Crippen LogP contribution is 2.26. The molecule has 8 rings (SSSR count). The lowest BCUT2D eigenvalue weighted by molar-refractivity contribution is -0.695. The predicted octanol–water partition coefficient (Wildman–Crippen LogP) is 16.6. The van der Waals surface area contributed by atoms with E-state index in [1.807, 2.05) is 43.2 Å². The van der Waals surface area contributed by atoms with E-state index in [-0.39, 0.29) is 0 Å². The van der Waals surface area contributed by atoms with Crippen molar-refractivity contribution in [2.24, 2.45) is 0 Å².